The van der Waals surface area contributed by atoms with E-state index in [1.54, 1.807) is 18.5 Å². The number of pyridine rings is 1. The Morgan fingerprint density at radius 1 is 1.53 bits per heavy atom. The number of anilines is 1. The fourth-order valence-corrected chi connectivity index (χ4v) is 2.03. The van der Waals surface area contributed by atoms with Crippen molar-refractivity contribution in [1.29, 1.82) is 0 Å². The van der Waals surface area contributed by atoms with Gasteiger partial charge in [-0.25, -0.2) is 0 Å². The lowest BCUT2D eigenvalue weighted by Gasteiger charge is -2.15. The quantitative estimate of drug-likeness (QED) is 0.862. The molecule has 1 aromatic rings. The standard InChI is InChI=1S/C13H19BrN2O/c1-3-5-6-10(4-2)13(17)16-12-7-8-15-9-11(12)14/h7-10H,3-6H2,1-2H3,(H,15,16,17). The average Bonchev–Trinajstić information content (AvgIpc) is 2.33. The van der Waals surface area contributed by atoms with Crippen LogP contribution < -0.4 is 5.32 Å². The zero-order chi connectivity index (χ0) is 12.7. The van der Waals surface area contributed by atoms with Crippen LogP contribution in [-0.4, -0.2) is 10.9 Å². The Morgan fingerprint density at radius 2 is 2.29 bits per heavy atom. The molecular weight excluding hydrogens is 280 g/mol. The van der Waals surface area contributed by atoms with Crippen LogP contribution in [0.25, 0.3) is 0 Å². The van der Waals surface area contributed by atoms with Gasteiger partial charge in [0.2, 0.25) is 5.91 Å². The Kier molecular flexibility index (Phi) is 6.19. The van der Waals surface area contributed by atoms with Gasteiger partial charge in [0.15, 0.2) is 0 Å². The van der Waals surface area contributed by atoms with Crippen molar-refractivity contribution >= 4 is 27.5 Å². The molecule has 1 amide bonds. The summed E-state index contributed by atoms with van der Waals surface area (Å²) in [6, 6.07) is 1.80. The molecular formula is C13H19BrN2O. The zero-order valence-electron chi connectivity index (χ0n) is 10.4. The number of amides is 1. The highest BCUT2D eigenvalue weighted by atomic mass is 79.9. The van der Waals surface area contributed by atoms with E-state index in [4.69, 9.17) is 0 Å². The summed E-state index contributed by atoms with van der Waals surface area (Å²) in [6.45, 7) is 4.20. The number of rotatable bonds is 6. The van der Waals surface area contributed by atoms with Crippen molar-refractivity contribution < 1.29 is 4.79 Å². The van der Waals surface area contributed by atoms with E-state index in [1.165, 1.54) is 0 Å². The molecule has 0 radical (unpaired) electrons. The molecule has 0 aliphatic rings. The molecule has 1 unspecified atom stereocenters. The third kappa shape index (κ3) is 4.46. The number of halogens is 1. The molecule has 0 bridgehead atoms. The van der Waals surface area contributed by atoms with Gasteiger partial charge < -0.3 is 5.32 Å². The molecule has 1 atom stereocenters. The largest absolute Gasteiger partial charge is 0.325 e. The molecule has 0 spiro atoms. The second-order valence-corrected chi connectivity index (χ2v) is 4.95. The number of hydrogen-bond acceptors (Lipinski definition) is 2. The van der Waals surface area contributed by atoms with E-state index in [2.05, 4.69) is 40.1 Å². The van der Waals surface area contributed by atoms with Crippen molar-refractivity contribution in [2.75, 3.05) is 5.32 Å². The lowest BCUT2D eigenvalue weighted by Crippen LogP contribution is -2.22. The third-order valence-electron chi connectivity index (χ3n) is 2.80. The zero-order valence-corrected chi connectivity index (χ0v) is 12.0. The molecule has 1 aromatic heterocycles. The number of nitrogens with zero attached hydrogens (tertiary/aromatic N) is 1. The van der Waals surface area contributed by atoms with Crippen LogP contribution in [0.1, 0.15) is 39.5 Å². The molecule has 3 nitrogen and oxygen atoms in total. The molecule has 1 N–H and O–H groups in total. The summed E-state index contributed by atoms with van der Waals surface area (Å²) in [5, 5.41) is 2.94. The molecule has 0 aliphatic heterocycles. The first kappa shape index (κ1) is 14.2. The first-order valence-corrected chi connectivity index (χ1v) is 6.88. The minimum Gasteiger partial charge on any atom is -0.325 e. The van der Waals surface area contributed by atoms with Crippen LogP contribution in [-0.2, 0) is 4.79 Å². The van der Waals surface area contributed by atoms with Crippen LogP contribution in [0.2, 0.25) is 0 Å². The maximum absolute atomic E-state index is 12.0. The summed E-state index contributed by atoms with van der Waals surface area (Å²) < 4.78 is 0.818. The van der Waals surface area contributed by atoms with Crippen LogP contribution in [0, 0.1) is 5.92 Å². The van der Waals surface area contributed by atoms with Crippen molar-refractivity contribution in [1.82, 2.24) is 4.98 Å². The predicted molar refractivity (Wildman–Crippen MR) is 73.9 cm³/mol. The lowest BCUT2D eigenvalue weighted by molar-refractivity contribution is -0.120. The molecule has 0 saturated carbocycles. The number of nitrogens with one attached hydrogen (secondary N) is 1. The molecule has 0 aliphatic carbocycles. The molecule has 1 heterocycles. The maximum Gasteiger partial charge on any atom is 0.227 e. The molecule has 1 rings (SSSR count). The highest BCUT2D eigenvalue weighted by molar-refractivity contribution is 9.10. The number of carbonyl (C=O) groups is 1. The Hall–Kier alpha value is -0.900. The molecule has 0 saturated heterocycles. The fraction of sp³-hybridized carbons (Fsp3) is 0.538. The van der Waals surface area contributed by atoms with Gasteiger partial charge in [0.05, 0.1) is 10.2 Å². The van der Waals surface area contributed by atoms with Gasteiger partial charge in [-0.1, -0.05) is 26.7 Å². The van der Waals surface area contributed by atoms with E-state index in [0.717, 1.165) is 35.8 Å². The SMILES string of the molecule is CCCCC(CC)C(=O)Nc1ccncc1Br. The highest BCUT2D eigenvalue weighted by Crippen LogP contribution is 2.22. The van der Waals surface area contributed by atoms with E-state index in [1.807, 2.05) is 0 Å². The normalized spacial score (nSPS) is 12.2. The summed E-state index contributed by atoms with van der Waals surface area (Å²) in [7, 11) is 0. The van der Waals surface area contributed by atoms with Crippen molar-refractivity contribution in [2.24, 2.45) is 5.92 Å². The maximum atomic E-state index is 12.0. The molecule has 17 heavy (non-hydrogen) atoms. The lowest BCUT2D eigenvalue weighted by atomic mass is 9.98. The van der Waals surface area contributed by atoms with Gasteiger partial charge in [-0.05, 0) is 34.8 Å². The van der Waals surface area contributed by atoms with Crippen LogP contribution in [0.4, 0.5) is 5.69 Å². The Morgan fingerprint density at radius 3 is 2.88 bits per heavy atom. The summed E-state index contributed by atoms with van der Waals surface area (Å²) in [5.41, 5.74) is 0.792. The number of carbonyl (C=O) groups excluding carboxylic acids is 1. The number of hydrogen-bond donors (Lipinski definition) is 1. The van der Waals surface area contributed by atoms with Crippen LogP contribution >= 0.6 is 15.9 Å². The monoisotopic (exact) mass is 298 g/mol. The molecule has 0 aromatic carbocycles. The summed E-state index contributed by atoms with van der Waals surface area (Å²) in [4.78, 5) is 16.0. The van der Waals surface area contributed by atoms with Gasteiger partial charge in [0, 0.05) is 18.3 Å². The summed E-state index contributed by atoms with van der Waals surface area (Å²) >= 11 is 3.37. The van der Waals surface area contributed by atoms with E-state index in [0.29, 0.717) is 0 Å². The van der Waals surface area contributed by atoms with Crippen molar-refractivity contribution in [3.63, 3.8) is 0 Å². The topological polar surface area (TPSA) is 42.0 Å². The Balaban J connectivity index is 2.61. The first-order valence-electron chi connectivity index (χ1n) is 6.09. The smallest absolute Gasteiger partial charge is 0.227 e. The average molecular weight is 299 g/mol. The Labute approximate surface area is 111 Å². The van der Waals surface area contributed by atoms with Crippen LogP contribution in [0.15, 0.2) is 22.9 Å². The summed E-state index contributed by atoms with van der Waals surface area (Å²) in [5.74, 6) is 0.211. The number of unbranched alkanes of at least 4 members (excludes halogenated alkanes) is 1. The first-order chi connectivity index (χ1) is 8.19. The predicted octanol–water partition coefficient (Wildman–Crippen LogP) is 4.00. The van der Waals surface area contributed by atoms with Crippen molar-refractivity contribution in [3.05, 3.63) is 22.9 Å². The molecule has 4 heteroatoms. The molecule has 0 fully saturated rings. The van der Waals surface area contributed by atoms with E-state index >= 15 is 0 Å². The van der Waals surface area contributed by atoms with Gasteiger partial charge in [-0.15, -0.1) is 0 Å². The van der Waals surface area contributed by atoms with E-state index in [-0.39, 0.29) is 11.8 Å². The fourth-order valence-electron chi connectivity index (χ4n) is 1.68. The van der Waals surface area contributed by atoms with E-state index in [9.17, 15) is 4.79 Å². The summed E-state index contributed by atoms with van der Waals surface area (Å²) in [6.07, 6.45) is 7.43. The highest BCUT2D eigenvalue weighted by Gasteiger charge is 2.16. The van der Waals surface area contributed by atoms with E-state index < -0.39 is 0 Å². The minimum atomic E-state index is 0.104. The van der Waals surface area contributed by atoms with Gasteiger partial charge >= 0.3 is 0 Å². The Bertz CT molecular complexity index is 368. The second kappa shape index (κ2) is 7.43. The molecule has 94 valence electrons. The third-order valence-corrected chi connectivity index (χ3v) is 3.43. The minimum absolute atomic E-state index is 0.104. The van der Waals surface area contributed by atoms with Gasteiger partial charge in [0.25, 0.3) is 0 Å². The van der Waals surface area contributed by atoms with Gasteiger partial charge in [0.1, 0.15) is 0 Å². The van der Waals surface area contributed by atoms with Gasteiger partial charge in [-0.3, -0.25) is 9.78 Å². The van der Waals surface area contributed by atoms with Crippen molar-refractivity contribution in [3.8, 4) is 0 Å². The van der Waals surface area contributed by atoms with Crippen molar-refractivity contribution in [2.45, 2.75) is 39.5 Å². The second-order valence-electron chi connectivity index (χ2n) is 4.09. The van der Waals surface area contributed by atoms with Crippen LogP contribution in [0.3, 0.4) is 0 Å². The van der Waals surface area contributed by atoms with Gasteiger partial charge in [-0.2, -0.15) is 0 Å². The number of aromatic nitrogens is 1. The van der Waals surface area contributed by atoms with Crippen LogP contribution in [0.5, 0.6) is 0 Å².